The van der Waals surface area contributed by atoms with Gasteiger partial charge in [-0.3, -0.25) is 14.4 Å². The van der Waals surface area contributed by atoms with E-state index in [-0.39, 0.29) is 28.7 Å². The summed E-state index contributed by atoms with van der Waals surface area (Å²) in [6, 6.07) is 0. The van der Waals surface area contributed by atoms with Crippen LogP contribution in [0.25, 0.3) is 0 Å². The standard InChI is InChI=1S/C14H20O4/c1-8(2)5-9(15)12-14(18-12)10(16)6-13(3,4)7-11(14)17/h8,12H,5-7H2,1-4H3/t12-/m0/s1. The predicted molar refractivity (Wildman–Crippen MR) is 65.1 cm³/mol. The Bertz CT molecular complexity index is 400. The summed E-state index contributed by atoms with van der Waals surface area (Å²) in [6.07, 6.45) is 0.168. The molecule has 0 amide bonds. The summed E-state index contributed by atoms with van der Waals surface area (Å²) in [5.74, 6) is -0.341. The normalized spacial score (nSPS) is 28.8. The van der Waals surface area contributed by atoms with Crippen LogP contribution in [-0.4, -0.2) is 29.1 Å². The van der Waals surface area contributed by atoms with Gasteiger partial charge in [-0.15, -0.1) is 0 Å². The molecule has 1 atom stereocenters. The van der Waals surface area contributed by atoms with Gasteiger partial charge in [0.05, 0.1) is 0 Å². The van der Waals surface area contributed by atoms with Crippen LogP contribution in [0, 0.1) is 11.3 Å². The quantitative estimate of drug-likeness (QED) is 0.566. The molecule has 4 nitrogen and oxygen atoms in total. The van der Waals surface area contributed by atoms with Crippen molar-refractivity contribution in [3.63, 3.8) is 0 Å². The second kappa shape index (κ2) is 3.98. The minimum atomic E-state index is -1.40. The number of epoxide rings is 1. The molecule has 1 saturated heterocycles. The van der Waals surface area contributed by atoms with Gasteiger partial charge in [-0.25, -0.2) is 0 Å². The number of ketones is 3. The second-order valence-electron chi connectivity index (χ2n) is 6.66. The lowest BCUT2D eigenvalue weighted by Gasteiger charge is -2.30. The highest BCUT2D eigenvalue weighted by Crippen LogP contribution is 2.49. The molecule has 1 aliphatic heterocycles. The first-order chi connectivity index (χ1) is 8.19. The van der Waals surface area contributed by atoms with Crippen LogP contribution in [0.1, 0.15) is 47.0 Å². The zero-order valence-corrected chi connectivity index (χ0v) is 11.4. The summed E-state index contributed by atoms with van der Waals surface area (Å²) < 4.78 is 5.28. The van der Waals surface area contributed by atoms with Crippen molar-refractivity contribution in [2.24, 2.45) is 11.3 Å². The summed E-state index contributed by atoms with van der Waals surface area (Å²) in [4.78, 5) is 36.1. The molecule has 1 spiro atoms. The van der Waals surface area contributed by atoms with Crippen LogP contribution in [0.3, 0.4) is 0 Å². The first kappa shape index (κ1) is 13.4. The van der Waals surface area contributed by atoms with Gasteiger partial charge in [-0.1, -0.05) is 27.7 Å². The van der Waals surface area contributed by atoms with Crippen molar-refractivity contribution in [1.82, 2.24) is 0 Å². The Morgan fingerprint density at radius 1 is 1.28 bits per heavy atom. The van der Waals surface area contributed by atoms with E-state index in [4.69, 9.17) is 4.74 Å². The van der Waals surface area contributed by atoms with Crippen LogP contribution in [0.4, 0.5) is 0 Å². The SMILES string of the molecule is CC(C)CC(=O)[C@@H]1OC12C(=O)CC(C)(C)CC2=O. The van der Waals surface area contributed by atoms with E-state index in [1.165, 1.54) is 0 Å². The van der Waals surface area contributed by atoms with Gasteiger partial charge in [0, 0.05) is 19.3 Å². The average molecular weight is 252 g/mol. The minimum Gasteiger partial charge on any atom is -0.341 e. The number of hydrogen-bond acceptors (Lipinski definition) is 4. The molecule has 4 heteroatoms. The summed E-state index contributed by atoms with van der Waals surface area (Å²) in [5.41, 5.74) is -1.71. The molecular weight excluding hydrogens is 232 g/mol. The molecule has 1 saturated carbocycles. The monoisotopic (exact) mass is 252 g/mol. The van der Waals surface area contributed by atoms with Gasteiger partial charge in [0.15, 0.2) is 23.5 Å². The molecule has 18 heavy (non-hydrogen) atoms. The number of carbonyl (C=O) groups is 3. The van der Waals surface area contributed by atoms with Crippen molar-refractivity contribution < 1.29 is 19.1 Å². The maximum atomic E-state index is 12.1. The van der Waals surface area contributed by atoms with Crippen molar-refractivity contribution in [2.75, 3.05) is 0 Å². The van der Waals surface area contributed by atoms with E-state index < -0.39 is 11.7 Å². The van der Waals surface area contributed by atoms with Gasteiger partial charge in [0.2, 0.25) is 5.60 Å². The van der Waals surface area contributed by atoms with Crippen LogP contribution in [0.5, 0.6) is 0 Å². The second-order valence-corrected chi connectivity index (χ2v) is 6.66. The third-order valence-electron chi connectivity index (χ3n) is 3.62. The van der Waals surface area contributed by atoms with Crippen molar-refractivity contribution in [2.45, 2.75) is 58.7 Å². The molecule has 0 aromatic rings. The minimum absolute atomic E-state index is 0.119. The smallest absolute Gasteiger partial charge is 0.218 e. The Morgan fingerprint density at radius 3 is 2.22 bits per heavy atom. The van der Waals surface area contributed by atoms with E-state index in [0.29, 0.717) is 19.3 Å². The lowest BCUT2D eigenvalue weighted by Crippen LogP contribution is -2.47. The Balaban J connectivity index is 2.14. The fourth-order valence-corrected chi connectivity index (χ4v) is 2.73. The van der Waals surface area contributed by atoms with Crippen LogP contribution >= 0.6 is 0 Å². The van der Waals surface area contributed by atoms with E-state index >= 15 is 0 Å². The number of carbonyl (C=O) groups excluding carboxylic acids is 3. The van der Waals surface area contributed by atoms with Crippen molar-refractivity contribution >= 4 is 17.3 Å². The Morgan fingerprint density at radius 2 is 1.78 bits per heavy atom. The first-order valence-corrected chi connectivity index (χ1v) is 6.46. The van der Waals surface area contributed by atoms with Crippen LogP contribution in [0.15, 0.2) is 0 Å². The van der Waals surface area contributed by atoms with Gasteiger partial charge in [-0.05, 0) is 11.3 Å². The molecule has 0 unspecified atom stereocenters. The molecule has 1 heterocycles. The number of Topliss-reactive ketones (excluding diaryl/α,β-unsaturated/α-hetero) is 3. The average Bonchev–Trinajstić information content (AvgIpc) is 2.88. The number of hydrogen-bond donors (Lipinski definition) is 0. The van der Waals surface area contributed by atoms with Gasteiger partial charge >= 0.3 is 0 Å². The van der Waals surface area contributed by atoms with E-state index in [1.807, 2.05) is 27.7 Å². The molecule has 1 aliphatic carbocycles. The lowest BCUT2D eigenvalue weighted by atomic mass is 9.70. The van der Waals surface area contributed by atoms with E-state index in [9.17, 15) is 14.4 Å². The first-order valence-electron chi connectivity index (χ1n) is 6.46. The molecule has 2 aliphatic rings. The molecule has 0 radical (unpaired) electrons. The molecular formula is C14H20O4. The molecule has 2 fully saturated rings. The molecule has 0 bridgehead atoms. The maximum absolute atomic E-state index is 12.1. The summed E-state index contributed by atoms with van der Waals surface area (Å²) >= 11 is 0. The van der Waals surface area contributed by atoms with Crippen LogP contribution < -0.4 is 0 Å². The Kier molecular flexibility index (Phi) is 2.97. The van der Waals surface area contributed by atoms with Crippen LogP contribution in [0.2, 0.25) is 0 Å². The third kappa shape index (κ3) is 2.03. The highest BCUT2D eigenvalue weighted by molar-refractivity contribution is 6.20. The highest BCUT2D eigenvalue weighted by Gasteiger charge is 2.72. The summed E-state index contributed by atoms with van der Waals surface area (Å²) in [5, 5.41) is 0. The molecule has 0 N–H and O–H groups in total. The van der Waals surface area contributed by atoms with E-state index in [1.54, 1.807) is 0 Å². The molecule has 100 valence electrons. The maximum Gasteiger partial charge on any atom is 0.218 e. The van der Waals surface area contributed by atoms with E-state index in [2.05, 4.69) is 0 Å². The summed E-state index contributed by atoms with van der Waals surface area (Å²) in [7, 11) is 0. The zero-order valence-electron chi connectivity index (χ0n) is 11.4. The van der Waals surface area contributed by atoms with Crippen molar-refractivity contribution in [3.05, 3.63) is 0 Å². The predicted octanol–water partition coefficient (Wildman–Crippen LogP) is 1.70. The van der Waals surface area contributed by atoms with Crippen molar-refractivity contribution in [1.29, 1.82) is 0 Å². The molecule has 0 aromatic carbocycles. The third-order valence-corrected chi connectivity index (χ3v) is 3.62. The van der Waals surface area contributed by atoms with Crippen molar-refractivity contribution in [3.8, 4) is 0 Å². The fourth-order valence-electron chi connectivity index (χ4n) is 2.73. The highest BCUT2D eigenvalue weighted by atomic mass is 16.6. The largest absolute Gasteiger partial charge is 0.341 e. The van der Waals surface area contributed by atoms with Gasteiger partial charge < -0.3 is 4.74 Å². The molecule has 0 aromatic heterocycles. The van der Waals surface area contributed by atoms with Gasteiger partial charge in [0.25, 0.3) is 0 Å². The fraction of sp³-hybridized carbons (Fsp3) is 0.786. The van der Waals surface area contributed by atoms with Gasteiger partial charge in [-0.2, -0.15) is 0 Å². The summed E-state index contributed by atoms with van der Waals surface area (Å²) in [6.45, 7) is 7.65. The van der Waals surface area contributed by atoms with E-state index in [0.717, 1.165) is 0 Å². The topological polar surface area (TPSA) is 63.7 Å². The Hall–Kier alpha value is -1.03. The zero-order chi connectivity index (χ0) is 13.7. The van der Waals surface area contributed by atoms with Gasteiger partial charge in [0.1, 0.15) is 0 Å². The Labute approximate surface area is 107 Å². The van der Waals surface area contributed by atoms with Crippen LogP contribution in [-0.2, 0) is 19.1 Å². The number of rotatable bonds is 3. The lowest BCUT2D eigenvalue weighted by molar-refractivity contribution is -0.141. The number of ether oxygens (including phenoxy) is 1. The molecule has 2 rings (SSSR count).